The summed E-state index contributed by atoms with van der Waals surface area (Å²) in [6, 6.07) is 24.7. The number of fused-ring (bicyclic) bond motifs is 1. The molecule has 0 atom stereocenters. The summed E-state index contributed by atoms with van der Waals surface area (Å²) in [7, 11) is -2.79. The summed E-state index contributed by atoms with van der Waals surface area (Å²) >= 11 is 0. The van der Waals surface area contributed by atoms with E-state index in [0.717, 1.165) is 10.9 Å². The summed E-state index contributed by atoms with van der Waals surface area (Å²) in [5.74, 6) is -0.444. The first-order valence-electron chi connectivity index (χ1n) is 11.5. The number of hydrogen-bond donors (Lipinski definition) is 2. The Morgan fingerprint density at radius 3 is 2.39 bits per heavy atom. The highest BCUT2D eigenvalue weighted by molar-refractivity contribution is 7.89. The molecule has 4 aromatic rings. The first kappa shape index (κ1) is 26.3. The number of rotatable bonds is 8. The van der Waals surface area contributed by atoms with E-state index in [2.05, 4.69) is 19.9 Å². The Bertz CT molecular complexity index is 1600. The lowest BCUT2D eigenvalue weighted by atomic mass is 10.1. The summed E-state index contributed by atoms with van der Waals surface area (Å²) in [5.41, 5.74) is 1.20. The van der Waals surface area contributed by atoms with Gasteiger partial charge in [-0.25, -0.2) is 18.2 Å². The van der Waals surface area contributed by atoms with Gasteiger partial charge in [0, 0.05) is 17.5 Å². The zero-order valence-electron chi connectivity index (χ0n) is 20.5. The van der Waals surface area contributed by atoms with Crippen LogP contribution in [0.4, 0.5) is 5.69 Å². The number of pyridine rings is 1. The van der Waals surface area contributed by atoms with E-state index in [-0.39, 0.29) is 23.9 Å². The average molecular weight is 530 g/mol. The van der Waals surface area contributed by atoms with Gasteiger partial charge in [0.15, 0.2) is 18.6 Å². The van der Waals surface area contributed by atoms with E-state index in [0.29, 0.717) is 11.1 Å². The normalized spacial score (nSPS) is 11.5. The van der Waals surface area contributed by atoms with Gasteiger partial charge in [-0.2, -0.15) is 9.83 Å². The molecule has 0 unspecified atom stereocenters. The van der Waals surface area contributed by atoms with Gasteiger partial charge in [0.2, 0.25) is 12.5 Å². The molecule has 1 aromatic heterocycles. The minimum Gasteiger partial charge on any atom is -0.464 e. The van der Waals surface area contributed by atoms with Gasteiger partial charge in [0.25, 0.3) is 10.0 Å². The Hall–Kier alpha value is -4.79. The molecule has 0 spiro atoms. The van der Waals surface area contributed by atoms with Crippen LogP contribution in [0.2, 0.25) is 0 Å². The fourth-order valence-corrected chi connectivity index (χ4v) is 4.98. The van der Waals surface area contributed by atoms with E-state index in [9.17, 15) is 18.5 Å². The first-order valence-corrected chi connectivity index (χ1v) is 13.0. The van der Waals surface area contributed by atoms with Crippen molar-refractivity contribution in [1.29, 1.82) is 5.26 Å². The van der Waals surface area contributed by atoms with Crippen LogP contribution in [0, 0.1) is 11.5 Å². The second-order valence-electron chi connectivity index (χ2n) is 8.12. The summed E-state index contributed by atoms with van der Waals surface area (Å²) in [4.78, 5) is 18.7. The number of hydrazine groups is 1. The number of nitriles is 1. The molecule has 2 N–H and O–H groups in total. The SMILES string of the molecule is COC(=O)C[n+]1ccc(N=C(NC#N)N(Cc2ccccc2)NS(=O)(=O)c2cccc3ccccc23)cc1. The van der Waals surface area contributed by atoms with E-state index in [1.54, 1.807) is 47.3 Å². The number of carbonyl (C=O) groups is 1. The molecule has 11 heteroatoms. The predicted octanol–water partition coefficient (Wildman–Crippen LogP) is 2.75. The molecule has 10 nitrogen and oxygen atoms in total. The van der Waals surface area contributed by atoms with Crippen molar-refractivity contribution in [3.8, 4) is 6.19 Å². The number of nitrogens with zero attached hydrogens (tertiary/aromatic N) is 4. The number of nitrogens with one attached hydrogen (secondary N) is 2. The molecule has 38 heavy (non-hydrogen) atoms. The minimum absolute atomic E-state index is 0.0226. The van der Waals surface area contributed by atoms with Crippen LogP contribution in [0.5, 0.6) is 0 Å². The van der Waals surface area contributed by atoms with Gasteiger partial charge in [-0.3, -0.25) is 10.3 Å². The second-order valence-corrected chi connectivity index (χ2v) is 9.75. The molecule has 0 radical (unpaired) electrons. The topological polar surface area (TPSA) is 128 Å². The Kier molecular flexibility index (Phi) is 8.27. The van der Waals surface area contributed by atoms with Gasteiger partial charge in [-0.05, 0) is 17.0 Å². The molecule has 0 aliphatic heterocycles. The number of aromatic nitrogens is 1. The van der Waals surface area contributed by atoms with Crippen molar-refractivity contribution in [2.45, 2.75) is 18.0 Å². The number of methoxy groups -OCH3 is 1. The molecule has 0 bridgehead atoms. The van der Waals surface area contributed by atoms with E-state index >= 15 is 0 Å². The van der Waals surface area contributed by atoms with Crippen LogP contribution in [0.25, 0.3) is 10.8 Å². The van der Waals surface area contributed by atoms with Crippen LogP contribution < -0.4 is 14.7 Å². The third kappa shape index (κ3) is 6.50. The molecule has 0 saturated heterocycles. The molecular weight excluding hydrogens is 504 g/mol. The fourth-order valence-electron chi connectivity index (χ4n) is 3.71. The average Bonchev–Trinajstić information content (AvgIpc) is 2.93. The zero-order valence-corrected chi connectivity index (χ0v) is 21.3. The quantitative estimate of drug-likeness (QED) is 0.0683. The lowest BCUT2D eigenvalue weighted by molar-refractivity contribution is -0.685. The molecule has 0 aliphatic rings. The van der Waals surface area contributed by atoms with Crippen molar-refractivity contribution in [1.82, 2.24) is 15.2 Å². The highest BCUT2D eigenvalue weighted by Gasteiger charge is 2.24. The Morgan fingerprint density at radius 1 is 1.00 bits per heavy atom. The van der Waals surface area contributed by atoms with Crippen molar-refractivity contribution >= 4 is 38.4 Å². The van der Waals surface area contributed by atoms with Gasteiger partial charge in [0.1, 0.15) is 0 Å². The van der Waals surface area contributed by atoms with E-state index in [1.807, 2.05) is 54.7 Å². The van der Waals surface area contributed by atoms with E-state index < -0.39 is 16.0 Å². The maximum Gasteiger partial charge on any atom is 0.372 e. The van der Waals surface area contributed by atoms with Gasteiger partial charge in [0.05, 0.1) is 24.2 Å². The number of benzene rings is 3. The monoisotopic (exact) mass is 529 g/mol. The smallest absolute Gasteiger partial charge is 0.372 e. The second kappa shape index (κ2) is 12.0. The number of hydrogen-bond acceptors (Lipinski definition) is 6. The molecular formula is C27H25N6O4S+. The van der Waals surface area contributed by atoms with Crippen LogP contribution in [-0.2, 0) is 32.6 Å². The van der Waals surface area contributed by atoms with Gasteiger partial charge >= 0.3 is 5.97 Å². The molecule has 0 saturated carbocycles. The number of aliphatic imine (C=N–C) groups is 1. The number of ether oxygens (including phenoxy) is 1. The molecule has 0 aliphatic carbocycles. The molecule has 1 heterocycles. The molecule has 0 amide bonds. The Balaban J connectivity index is 1.72. The third-order valence-electron chi connectivity index (χ3n) is 5.52. The highest BCUT2D eigenvalue weighted by atomic mass is 32.2. The Labute approximate surface area is 220 Å². The number of esters is 1. The standard InChI is InChI=1S/C27H24N6O4S/c1-37-26(34)19-32-16-14-23(15-17-32)30-27(29-20-28)33(18-21-8-3-2-4-9-21)31-38(35,36)25-13-7-11-22-10-5-6-12-24(22)25/h2-17,31H,18-19H2,1H3/p+1. The van der Waals surface area contributed by atoms with Crippen molar-refractivity contribution in [3.05, 3.63) is 103 Å². The molecule has 192 valence electrons. The number of sulfonamides is 1. The molecule has 0 fully saturated rings. The van der Waals surface area contributed by atoms with Crippen molar-refractivity contribution in [2.24, 2.45) is 4.99 Å². The third-order valence-corrected chi connectivity index (χ3v) is 6.92. The van der Waals surface area contributed by atoms with Crippen LogP contribution >= 0.6 is 0 Å². The van der Waals surface area contributed by atoms with Crippen molar-refractivity contribution < 1.29 is 22.5 Å². The maximum absolute atomic E-state index is 13.6. The lowest BCUT2D eigenvalue weighted by Crippen LogP contribution is -2.49. The molecule has 3 aromatic carbocycles. The van der Waals surface area contributed by atoms with Crippen LogP contribution in [0.1, 0.15) is 5.56 Å². The van der Waals surface area contributed by atoms with Gasteiger partial charge in [-0.1, -0.05) is 66.7 Å². The first-order chi connectivity index (χ1) is 18.4. The Morgan fingerprint density at radius 2 is 1.68 bits per heavy atom. The minimum atomic E-state index is -4.09. The lowest BCUT2D eigenvalue weighted by Gasteiger charge is -2.25. The van der Waals surface area contributed by atoms with Gasteiger partial charge < -0.3 is 4.74 Å². The molecule has 4 rings (SSSR count). The van der Waals surface area contributed by atoms with Crippen LogP contribution in [0.3, 0.4) is 0 Å². The van der Waals surface area contributed by atoms with Crippen LogP contribution in [0.15, 0.2) is 107 Å². The fraction of sp³-hybridized carbons (Fsp3) is 0.111. The largest absolute Gasteiger partial charge is 0.464 e. The zero-order chi connectivity index (χ0) is 27.0. The predicted molar refractivity (Wildman–Crippen MR) is 141 cm³/mol. The van der Waals surface area contributed by atoms with E-state index in [1.165, 1.54) is 18.2 Å². The summed E-state index contributed by atoms with van der Waals surface area (Å²) in [6.07, 6.45) is 5.08. The van der Waals surface area contributed by atoms with Crippen molar-refractivity contribution in [2.75, 3.05) is 7.11 Å². The van der Waals surface area contributed by atoms with Gasteiger partial charge in [-0.15, -0.1) is 4.83 Å². The van der Waals surface area contributed by atoms with Crippen molar-refractivity contribution in [3.63, 3.8) is 0 Å². The summed E-state index contributed by atoms with van der Waals surface area (Å²) < 4.78 is 33.5. The number of guanidine groups is 1. The van der Waals surface area contributed by atoms with E-state index in [4.69, 9.17) is 0 Å². The van der Waals surface area contributed by atoms with Crippen LogP contribution in [-0.4, -0.2) is 32.5 Å². The summed E-state index contributed by atoms with van der Waals surface area (Å²) in [5, 5.41) is 14.6. The number of carbonyl (C=O) groups excluding carboxylic acids is 1. The maximum atomic E-state index is 13.6. The highest BCUT2D eigenvalue weighted by Crippen LogP contribution is 2.23. The summed E-state index contributed by atoms with van der Waals surface area (Å²) in [6.45, 7) is 0.0995.